The predicted octanol–water partition coefficient (Wildman–Crippen LogP) is 2.09. The molecule has 18 heavy (non-hydrogen) atoms. The molecule has 0 aliphatic rings. The molecule has 0 spiro atoms. The number of rotatable bonds is 8. The van der Waals surface area contributed by atoms with E-state index in [1.807, 2.05) is 0 Å². The van der Waals surface area contributed by atoms with Crippen LogP contribution in [0.1, 0.15) is 26.0 Å². The van der Waals surface area contributed by atoms with Gasteiger partial charge in [-0.15, -0.1) is 11.8 Å². The highest BCUT2D eigenvalue weighted by Crippen LogP contribution is 2.10. The molecule has 0 unspecified atom stereocenters. The summed E-state index contributed by atoms with van der Waals surface area (Å²) in [7, 11) is 0. The van der Waals surface area contributed by atoms with E-state index in [1.54, 1.807) is 19.3 Å². The van der Waals surface area contributed by atoms with Gasteiger partial charge in [0.15, 0.2) is 0 Å². The van der Waals surface area contributed by atoms with Gasteiger partial charge in [0.2, 0.25) is 0 Å². The van der Waals surface area contributed by atoms with Crippen molar-refractivity contribution in [2.75, 3.05) is 24.2 Å². The van der Waals surface area contributed by atoms with Crippen LogP contribution in [0, 0.1) is 0 Å². The highest BCUT2D eigenvalue weighted by Gasteiger charge is 2.03. The first kappa shape index (κ1) is 14.8. The van der Waals surface area contributed by atoms with Gasteiger partial charge in [-0.2, -0.15) is 0 Å². The second-order valence-corrected chi connectivity index (χ2v) is 4.60. The standard InChI is InChI=1S/C12H19N3O2S/c1-3-5-13-11-7-14-10(6-15-11)8-18-9-12(16)17-4-2/h6-7H,3-5,8-9H2,1-2H3,(H,13,15). The average molecular weight is 269 g/mol. The predicted molar refractivity (Wildman–Crippen MR) is 73.6 cm³/mol. The van der Waals surface area contributed by atoms with Gasteiger partial charge < -0.3 is 10.1 Å². The topological polar surface area (TPSA) is 64.1 Å². The maximum absolute atomic E-state index is 11.1. The Morgan fingerprint density at radius 3 is 2.83 bits per heavy atom. The summed E-state index contributed by atoms with van der Waals surface area (Å²) >= 11 is 1.48. The van der Waals surface area contributed by atoms with Gasteiger partial charge in [-0.3, -0.25) is 9.78 Å². The van der Waals surface area contributed by atoms with E-state index in [-0.39, 0.29) is 5.97 Å². The molecule has 6 heteroatoms. The summed E-state index contributed by atoms with van der Waals surface area (Å²) in [6, 6.07) is 0. The first-order valence-electron chi connectivity index (χ1n) is 6.04. The van der Waals surface area contributed by atoms with E-state index in [4.69, 9.17) is 4.74 Å². The molecule has 0 bridgehead atoms. The number of anilines is 1. The minimum Gasteiger partial charge on any atom is -0.465 e. The average Bonchev–Trinajstić information content (AvgIpc) is 2.38. The summed E-state index contributed by atoms with van der Waals surface area (Å²) in [4.78, 5) is 19.6. The van der Waals surface area contributed by atoms with Crippen LogP contribution < -0.4 is 5.32 Å². The van der Waals surface area contributed by atoms with Gasteiger partial charge in [0.05, 0.1) is 30.4 Å². The van der Waals surface area contributed by atoms with E-state index < -0.39 is 0 Å². The van der Waals surface area contributed by atoms with Crippen molar-refractivity contribution >= 4 is 23.5 Å². The fourth-order valence-corrected chi connectivity index (χ4v) is 1.93. The van der Waals surface area contributed by atoms with E-state index in [9.17, 15) is 4.79 Å². The Bertz CT molecular complexity index is 357. The van der Waals surface area contributed by atoms with Gasteiger partial charge in [0, 0.05) is 12.3 Å². The van der Waals surface area contributed by atoms with Crippen LogP contribution >= 0.6 is 11.8 Å². The van der Waals surface area contributed by atoms with Crippen molar-refractivity contribution in [3.05, 3.63) is 18.1 Å². The number of carbonyl (C=O) groups excluding carboxylic acids is 1. The number of nitrogens with one attached hydrogen (secondary N) is 1. The van der Waals surface area contributed by atoms with Gasteiger partial charge in [-0.25, -0.2) is 4.98 Å². The first-order chi connectivity index (χ1) is 8.76. The number of hydrogen-bond acceptors (Lipinski definition) is 6. The lowest BCUT2D eigenvalue weighted by Crippen LogP contribution is -2.07. The van der Waals surface area contributed by atoms with Crippen LogP contribution in [0.25, 0.3) is 0 Å². The number of aromatic nitrogens is 2. The molecular weight excluding hydrogens is 250 g/mol. The number of hydrogen-bond donors (Lipinski definition) is 1. The molecule has 0 radical (unpaired) electrons. The lowest BCUT2D eigenvalue weighted by atomic mass is 10.4. The Kier molecular flexibility index (Phi) is 7.17. The Balaban J connectivity index is 2.28. The number of nitrogens with zero attached hydrogens (tertiary/aromatic N) is 2. The van der Waals surface area contributed by atoms with E-state index in [2.05, 4.69) is 22.2 Å². The smallest absolute Gasteiger partial charge is 0.315 e. The second-order valence-electron chi connectivity index (χ2n) is 3.62. The minimum atomic E-state index is -0.184. The molecule has 0 saturated carbocycles. The van der Waals surface area contributed by atoms with Crippen molar-refractivity contribution in [2.45, 2.75) is 26.0 Å². The molecule has 0 aliphatic carbocycles. The summed E-state index contributed by atoms with van der Waals surface area (Å²) in [6.07, 6.45) is 4.50. The molecular formula is C12H19N3O2S. The van der Waals surface area contributed by atoms with E-state index in [0.717, 1.165) is 24.5 Å². The normalized spacial score (nSPS) is 10.1. The van der Waals surface area contributed by atoms with Gasteiger partial charge in [0.1, 0.15) is 5.82 Å². The quantitative estimate of drug-likeness (QED) is 0.729. The molecule has 0 fully saturated rings. The van der Waals surface area contributed by atoms with Gasteiger partial charge in [-0.1, -0.05) is 6.92 Å². The number of carbonyl (C=O) groups is 1. The minimum absolute atomic E-state index is 0.184. The van der Waals surface area contributed by atoms with Crippen molar-refractivity contribution in [3.8, 4) is 0 Å². The molecule has 0 aromatic carbocycles. The highest BCUT2D eigenvalue weighted by atomic mass is 32.2. The third-order valence-electron chi connectivity index (χ3n) is 2.04. The Labute approximate surface area is 112 Å². The maximum atomic E-state index is 11.1. The summed E-state index contributed by atoms with van der Waals surface area (Å²) in [5, 5.41) is 3.16. The van der Waals surface area contributed by atoms with Crippen LogP contribution in [0.5, 0.6) is 0 Å². The van der Waals surface area contributed by atoms with Crippen molar-refractivity contribution in [1.29, 1.82) is 0 Å². The molecule has 1 rings (SSSR count). The summed E-state index contributed by atoms with van der Waals surface area (Å²) in [5.41, 5.74) is 0.867. The lowest BCUT2D eigenvalue weighted by molar-refractivity contribution is -0.139. The second kappa shape index (κ2) is 8.74. The van der Waals surface area contributed by atoms with Crippen LogP contribution in [0.2, 0.25) is 0 Å². The number of ether oxygens (including phenoxy) is 1. The van der Waals surface area contributed by atoms with Crippen LogP contribution in [-0.2, 0) is 15.3 Å². The molecule has 1 aromatic rings. The summed E-state index contributed by atoms with van der Waals surface area (Å²) < 4.78 is 4.84. The lowest BCUT2D eigenvalue weighted by Gasteiger charge is -2.04. The van der Waals surface area contributed by atoms with Crippen molar-refractivity contribution in [2.24, 2.45) is 0 Å². The highest BCUT2D eigenvalue weighted by molar-refractivity contribution is 7.99. The zero-order valence-electron chi connectivity index (χ0n) is 10.8. The van der Waals surface area contributed by atoms with E-state index in [0.29, 0.717) is 18.1 Å². The van der Waals surface area contributed by atoms with Crippen LogP contribution in [-0.4, -0.2) is 34.8 Å². The molecule has 0 atom stereocenters. The number of esters is 1. The Morgan fingerprint density at radius 2 is 2.22 bits per heavy atom. The third kappa shape index (κ3) is 5.86. The van der Waals surface area contributed by atoms with Crippen molar-refractivity contribution in [3.63, 3.8) is 0 Å². The Morgan fingerprint density at radius 1 is 1.39 bits per heavy atom. The molecule has 5 nitrogen and oxygen atoms in total. The third-order valence-corrected chi connectivity index (χ3v) is 2.98. The van der Waals surface area contributed by atoms with Gasteiger partial charge in [-0.05, 0) is 13.3 Å². The maximum Gasteiger partial charge on any atom is 0.315 e. The summed E-state index contributed by atoms with van der Waals surface area (Å²) in [6.45, 7) is 5.22. The van der Waals surface area contributed by atoms with Crippen LogP contribution in [0.3, 0.4) is 0 Å². The summed E-state index contributed by atoms with van der Waals surface area (Å²) in [5.74, 6) is 1.62. The Hall–Kier alpha value is -1.30. The largest absolute Gasteiger partial charge is 0.465 e. The molecule has 1 N–H and O–H groups in total. The molecule has 0 aliphatic heterocycles. The monoisotopic (exact) mass is 269 g/mol. The van der Waals surface area contributed by atoms with Crippen molar-refractivity contribution < 1.29 is 9.53 Å². The zero-order chi connectivity index (χ0) is 13.2. The molecule has 100 valence electrons. The fourth-order valence-electron chi connectivity index (χ4n) is 1.22. The SMILES string of the molecule is CCCNc1cnc(CSCC(=O)OCC)cn1. The first-order valence-corrected chi connectivity index (χ1v) is 7.19. The molecule has 1 heterocycles. The van der Waals surface area contributed by atoms with E-state index in [1.165, 1.54) is 11.8 Å². The molecule has 1 aromatic heterocycles. The van der Waals surface area contributed by atoms with Crippen LogP contribution in [0.4, 0.5) is 5.82 Å². The van der Waals surface area contributed by atoms with Crippen molar-refractivity contribution in [1.82, 2.24) is 9.97 Å². The van der Waals surface area contributed by atoms with E-state index >= 15 is 0 Å². The fraction of sp³-hybridized carbons (Fsp3) is 0.583. The zero-order valence-corrected chi connectivity index (χ0v) is 11.6. The number of thioether (sulfide) groups is 1. The van der Waals surface area contributed by atoms with Gasteiger partial charge in [0.25, 0.3) is 0 Å². The van der Waals surface area contributed by atoms with Gasteiger partial charge >= 0.3 is 5.97 Å². The van der Waals surface area contributed by atoms with Crippen LogP contribution in [0.15, 0.2) is 12.4 Å². The molecule has 0 saturated heterocycles. The molecule has 0 amide bonds.